The molecule has 17 heavy (non-hydrogen) atoms. The van der Waals surface area contributed by atoms with Crippen molar-refractivity contribution >= 4 is 5.82 Å². The average Bonchev–Trinajstić information content (AvgIpc) is 2.24. The van der Waals surface area contributed by atoms with E-state index < -0.39 is 12.7 Å². The van der Waals surface area contributed by atoms with Crippen LogP contribution in [0.4, 0.5) is 19.0 Å². The number of aromatic nitrogens is 2. The maximum absolute atomic E-state index is 12.1. The molecule has 1 heterocycles. The van der Waals surface area contributed by atoms with Gasteiger partial charge in [-0.25, -0.2) is 4.98 Å². The Morgan fingerprint density at radius 3 is 2.47 bits per heavy atom. The summed E-state index contributed by atoms with van der Waals surface area (Å²) in [6.07, 6.45) is -1.41. The Hall–Kier alpha value is -1.37. The summed E-state index contributed by atoms with van der Waals surface area (Å²) in [5, 5.41) is 3.06. The molecule has 7 heteroatoms. The largest absolute Gasteiger partial charge is 0.405 e. The Balaban J connectivity index is 2.60. The normalized spacial score (nSPS) is 11.6. The molecule has 0 saturated heterocycles. The quantitative estimate of drug-likeness (QED) is 0.859. The zero-order chi connectivity index (χ0) is 12.9. The van der Waals surface area contributed by atoms with Crippen molar-refractivity contribution in [2.75, 3.05) is 25.0 Å². The van der Waals surface area contributed by atoms with Gasteiger partial charge in [0.25, 0.3) is 0 Å². The van der Waals surface area contributed by atoms with Gasteiger partial charge in [0.15, 0.2) is 0 Å². The lowest BCUT2D eigenvalue weighted by Gasteiger charge is -2.19. The van der Waals surface area contributed by atoms with Crippen molar-refractivity contribution in [3.8, 4) is 0 Å². The molecule has 0 atom stereocenters. The van der Waals surface area contributed by atoms with Gasteiger partial charge in [0.2, 0.25) is 0 Å². The van der Waals surface area contributed by atoms with E-state index in [0.717, 1.165) is 11.4 Å². The fourth-order valence-electron chi connectivity index (χ4n) is 1.24. The SMILES string of the molecule is CCNCc1cnc(N(C)CC(F)(F)F)cn1. The first-order chi connectivity index (χ1) is 7.92. The number of alkyl halides is 3. The van der Waals surface area contributed by atoms with Gasteiger partial charge in [-0.3, -0.25) is 4.98 Å². The van der Waals surface area contributed by atoms with E-state index in [-0.39, 0.29) is 5.82 Å². The van der Waals surface area contributed by atoms with E-state index in [9.17, 15) is 13.2 Å². The topological polar surface area (TPSA) is 41.1 Å². The highest BCUT2D eigenvalue weighted by Crippen LogP contribution is 2.18. The molecule has 0 aliphatic rings. The van der Waals surface area contributed by atoms with Gasteiger partial charge in [0.1, 0.15) is 12.4 Å². The predicted molar refractivity (Wildman–Crippen MR) is 58.7 cm³/mol. The van der Waals surface area contributed by atoms with Crippen LogP contribution in [0.1, 0.15) is 12.6 Å². The van der Waals surface area contributed by atoms with Crippen LogP contribution in [0.5, 0.6) is 0 Å². The van der Waals surface area contributed by atoms with Gasteiger partial charge in [-0.2, -0.15) is 13.2 Å². The fourth-order valence-corrected chi connectivity index (χ4v) is 1.24. The Morgan fingerprint density at radius 1 is 1.29 bits per heavy atom. The van der Waals surface area contributed by atoms with Crippen molar-refractivity contribution in [2.45, 2.75) is 19.6 Å². The Kier molecular flexibility index (Phi) is 4.68. The molecular weight excluding hydrogens is 233 g/mol. The van der Waals surface area contributed by atoms with Gasteiger partial charge in [-0.1, -0.05) is 6.92 Å². The van der Waals surface area contributed by atoms with Gasteiger partial charge in [-0.15, -0.1) is 0 Å². The van der Waals surface area contributed by atoms with Crippen molar-refractivity contribution in [1.29, 1.82) is 0 Å². The van der Waals surface area contributed by atoms with Crippen LogP contribution < -0.4 is 10.2 Å². The van der Waals surface area contributed by atoms with Crippen LogP contribution in [0, 0.1) is 0 Å². The van der Waals surface area contributed by atoms with Gasteiger partial charge in [0.05, 0.1) is 18.1 Å². The molecule has 0 unspecified atom stereocenters. The van der Waals surface area contributed by atoms with Gasteiger partial charge < -0.3 is 10.2 Å². The molecule has 0 aromatic carbocycles. The second-order valence-corrected chi connectivity index (χ2v) is 3.62. The first-order valence-electron chi connectivity index (χ1n) is 5.22. The highest BCUT2D eigenvalue weighted by Gasteiger charge is 2.29. The van der Waals surface area contributed by atoms with Gasteiger partial charge in [-0.05, 0) is 6.54 Å². The Morgan fingerprint density at radius 2 is 2.00 bits per heavy atom. The summed E-state index contributed by atoms with van der Waals surface area (Å²) in [4.78, 5) is 8.99. The molecule has 0 aliphatic carbocycles. The second kappa shape index (κ2) is 5.81. The minimum absolute atomic E-state index is 0.211. The minimum Gasteiger partial charge on any atom is -0.349 e. The predicted octanol–water partition coefficient (Wildman–Crippen LogP) is 1.58. The van der Waals surface area contributed by atoms with Crippen LogP contribution in [0.2, 0.25) is 0 Å². The molecule has 0 bridgehead atoms. The molecular formula is C10H15F3N4. The van der Waals surface area contributed by atoms with Crippen LogP contribution in [-0.2, 0) is 6.54 Å². The molecule has 1 rings (SSSR count). The summed E-state index contributed by atoms with van der Waals surface area (Å²) in [5.41, 5.74) is 0.705. The van der Waals surface area contributed by atoms with E-state index >= 15 is 0 Å². The lowest BCUT2D eigenvalue weighted by Crippen LogP contribution is -2.31. The van der Waals surface area contributed by atoms with E-state index in [1.54, 1.807) is 0 Å². The maximum atomic E-state index is 12.1. The highest BCUT2D eigenvalue weighted by atomic mass is 19.4. The molecule has 0 fully saturated rings. The molecule has 1 aromatic rings. The lowest BCUT2D eigenvalue weighted by atomic mass is 10.4. The Bertz CT molecular complexity index is 336. The van der Waals surface area contributed by atoms with Crippen LogP contribution in [0.3, 0.4) is 0 Å². The van der Waals surface area contributed by atoms with Gasteiger partial charge >= 0.3 is 6.18 Å². The summed E-state index contributed by atoms with van der Waals surface area (Å²) in [6.45, 7) is 2.29. The Labute approximate surface area is 97.9 Å². The fraction of sp³-hybridized carbons (Fsp3) is 0.600. The van der Waals surface area contributed by atoms with Crippen molar-refractivity contribution in [1.82, 2.24) is 15.3 Å². The summed E-state index contributed by atoms with van der Waals surface area (Å²) in [6, 6.07) is 0. The molecule has 0 saturated carbocycles. The van der Waals surface area contributed by atoms with E-state index in [2.05, 4.69) is 15.3 Å². The summed E-state index contributed by atoms with van der Waals surface area (Å²) in [7, 11) is 1.33. The molecule has 4 nitrogen and oxygen atoms in total. The smallest absolute Gasteiger partial charge is 0.349 e. The van der Waals surface area contributed by atoms with Crippen molar-refractivity contribution in [3.63, 3.8) is 0 Å². The molecule has 0 aliphatic heterocycles. The van der Waals surface area contributed by atoms with Crippen LogP contribution in [0.25, 0.3) is 0 Å². The van der Waals surface area contributed by atoms with Crippen molar-refractivity contribution in [3.05, 3.63) is 18.1 Å². The number of hydrogen-bond donors (Lipinski definition) is 1. The molecule has 0 radical (unpaired) electrons. The molecule has 1 aromatic heterocycles. The first-order valence-corrected chi connectivity index (χ1v) is 5.22. The number of halogens is 3. The number of nitrogens with zero attached hydrogens (tertiary/aromatic N) is 3. The third-order valence-electron chi connectivity index (χ3n) is 2.06. The van der Waals surface area contributed by atoms with Crippen LogP contribution in [-0.4, -0.2) is 36.3 Å². The maximum Gasteiger partial charge on any atom is 0.405 e. The van der Waals surface area contributed by atoms with Crippen molar-refractivity contribution in [2.24, 2.45) is 0 Å². The van der Waals surface area contributed by atoms with Crippen LogP contribution >= 0.6 is 0 Å². The number of nitrogens with one attached hydrogen (secondary N) is 1. The molecule has 1 N–H and O–H groups in total. The van der Waals surface area contributed by atoms with E-state index in [4.69, 9.17) is 0 Å². The van der Waals surface area contributed by atoms with E-state index in [1.807, 2.05) is 6.92 Å². The minimum atomic E-state index is -4.24. The molecule has 96 valence electrons. The van der Waals surface area contributed by atoms with Gasteiger partial charge in [0, 0.05) is 13.6 Å². The summed E-state index contributed by atoms with van der Waals surface area (Å²) < 4.78 is 36.4. The monoisotopic (exact) mass is 248 g/mol. The second-order valence-electron chi connectivity index (χ2n) is 3.62. The third kappa shape index (κ3) is 4.99. The van der Waals surface area contributed by atoms with Crippen molar-refractivity contribution < 1.29 is 13.2 Å². The lowest BCUT2D eigenvalue weighted by molar-refractivity contribution is -0.119. The number of rotatable bonds is 5. The standard InChI is InChI=1S/C10H15F3N4/c1-3-14-4-8-5-16-9(6-15-8)17(2)7-10(11,12)13/h5-6,14H,3-4,7H2,1-2H3. The highest BCUT2D eigenvalue weighted by molar-refractivity contribution is 5.34. The molecule has 0 spiro atoms. The average molecular weight is 248 g/mol. The number of anilines is 1. The summed E-state index contributed by atoms with van der Waals surface area (Å²) in [5.74, 6) is 0.211. The zero-order valence-corrected chi connectivity index (χ0v) is 9.75. The van der Waals surface area contributed by atoms with E-state index in [0.29, 0.717) is 12.2 Å². The zero-order valence-electron chi connectivity index (χ0n) is 9.75. The van der Waals surface area contributed by atoms with Crippen LogP contribution in [0.15, 0.2) is 12.4 Å². The van der Waals surface area contributed by atoms with E-state index in [1.165, 1.54) is 19.4 Å². The first kappa shape index (κ1) is 13.7. The third-order valence-corrected chi connectivity index (χ3v) is 2.06. The summed E-state index contributed by atoms with van der Waals surface area (Å²) >= 11 is 0. The number of hydrogen-bond acceptors (Lipinski definition) is 4. The molecule has 0 amide bonds.